The monoisotopic (exact) mass is 245 g/mol. The van der Waals surface area contributed by atoms with Gasteiger partial charge in [-0.15, -0.1) is 0 Å². The van der Waals surface area contributed by atoms with Gasteiger partial charge in [0.05, 0.1) is 0 Å². The van der Waals surface area contributed by atoms with E-state index in [4.69, 9.17) is 9.63 Å². The van der Waals surface area contributed by atoms with Gasteiger partial charge >= 0.3 is 5.97 Å². The van der Waals surface area contributed by atoms with Crippen molar-refractivity contribution in [2.75, 3.05) is 0 Å². The predicted octanol–water partition coefficient (Wildman–Crippen LogP) is 3.16. The Hall–Kier alpha value is -2.10. The van der Waals surface area contributed by atoms with Gasteiger partial charge in [-0.2, -0.15) is 0 Å². The van der Waals surface area contributed by atoms with Gasteiger partial charge in [0.15, 0.2) is 11.5 Å². The van der Waals surface area contributed by atoms with Crippen LogP contribution in [0.1, 0.15) is 35.5 Å². The molecule has 0 atom stereocenters. The predicted molar refractivity (Wildman–Crippen MR) is 67.7 cm³/mol. The van der Waals surface area contributed by atoms with Crippen molar-refractivity contribution < 1.29 is 14.4 Å². The molecule has 1 aromatic heterocycles. The van der Waals surface area contributed by atoms with Crippen molar-refractivity contribution >= 4 is 5.97 Å². The van der Waals surface area contributed by atoms with Crippen LogP contribution in [0.3, 0.4) is 0 Å². The molecule has 4 nitrogen and oxygen atoms in total. The summed E-state index contributed by atoms with van der Waals surface area (Å²) in [5.41, 5.74) is 3.20. The summed E-state index contributed by atoms with van der Waals surface area (Å²) < 4.78 is 5.17. The molecule has 1 heterocycles. The fraction of sp³-hybridized carbons (Fsp3) is 0.286. The molecule has 0 aliphatic heterocycles. The number of hydrogen-bond acceptors (Lipinski definition) is 3. The van der Waals surface area contributed by atoms with E-state index >= 15 is 0 Å². The van der Waals surface area contributed by atoms with Gasteiger partial charge in [0.2, 0.25) is 0 Å². The molecule has 0 amide bonds. The first kappa shape index (κ1) is 12.4. The normalized spacial score (nSPS) is 10.6. The molecule has 0 saturated heterocycles. The van der Waals surface area contributed by atoms with E-state index in [1.54, 1.807) is 0 Å². The van der Waals surface area contributed by atoms with Crippen molar-refractivity contribution in [1.82, 2.24) is 5.16 Å². The fourth-order valence-corrected chi connectivity index (χ4v) is 2.05. The van der Waals surface area contributed by atoms with Gasteiger partial charge in [-0.25, -0.2) is 4.79 Å². The second-order valence-corrected chi connectivity index (χ2v) is 4.04. The van der Waals surface area contributed by atoms with Crippen molar-refractivity contribution in [1.29, 1.82) is 0 Å². The molecular weight excluding hydrogens is 230 g/mol. The standard InChI is InChI=1S/C14H15NO3/c1-3-9-6-5-7-10(4-2)13(9)12-8-11(14(16)17)15-18-12/h5-8H,3-4H2,1-2H3,(H,16,17). The first-order valence-corrected chi connectivity index (χ1v) is 5.98. The number of benzene rings is 1. The Morgan fingerprint density at radius 3 is 2.33 bits per heavy atom. The number of carboxylic acid groups (broad SMARTS) is 1. The van der Waals surface area contributed by atoms with Gasteiger partial charge < -0.3 is 9.63 Å². The lowest BCUT2D eigenvalue weighted by Crippen LogP contribution is -1.95. The maximum Gasteiger partial charge on any atom is 0.358 e. The van der Waals surface area contributed by atoms with Gasteiger partial charge in [0.1, 0.15) is 0 Å². The highest BCUT2D eigenvalue weighted by Gasteiger charge is 2.16. The molecule has 0 saturated carbocycles. The summed E-state index contributed by atoms with van der Waals surface area (Å²) in [5, 5.41) is 12.4. The molecule has 0 aliphatic carbocycles. The van der Waals surface area contributed by atoms with Crippen molar-refractivity contribution in [3.63, 3.8) is 0 Å². The maximum absolute atomic E-state index is 10.8. The summed E-state index contributed by atoms with van der Waals surface area (Å²) in [6.45, 7) is 4.12. The van der Waals surface area contributed by atoms with Crippen LogP contribution in [0.25, 0.3) is 11.3 Å². The summed E-state index contributed by atoms with van der Waals surface area (Å²) in [6, 6.07) is 7.54. The lowest BCUT2D eigenvalue weighted by Gasteiger charge is -2.09. The van der Waals surface area contributed by atoms with E-state index in [9.17, 15) is 4.79 Å². The third kappa shape index (κ3) is 2.14. The zero-order chi connectivity index (χ0) is 13.1. The molecule has 1 aromatic carbocycles. The first-order valence-electron chi connectivity index (χ1n) is 5.98. The highest BCUT2D eigenvalue weighted by Crippen LogP contribution is 2.29. The lowest BCUT2D eigenvalue weighted by atomic mass is 9.95. The molecule has 18 heavy (non-hydrogen) atoms. The third-order valence-corrected chi connectivity index (χ3v) is 2.97. The number of rotatable bonds is 4. The van der Waals surface area contributed by atoms with Crippen LogP contribution < -0.4 is 0 Å². The molecule has 94 valence electrons. The zero-order valence-corrected chi connectivity index (χ0v) is 10.4. The number of aromatic nitrogens is 1. The summed E-state index contributed by atoms with van der Waals surface area (Å²) in [6.07, 6.45) is 1.73. The number of aromatic carboxylic acids is 1. The van der Waals surface area contributed by atoms with Crippen LogP contribution in [0.5, 0.6) is 0 Å². The Morgan fingerprint density at radius 2 is 1.89 bits per heavy atom. The van der Waals surface area contributed by atoms with Crippen molar-refractivity contribution in [2.24, 2.45) is 0 Å². The first-order chi connectivity index (χ1) is 8.67. The molecule has 0 aliphatic rings. The minimum absolute atomic E-state index is 0.0574. The van der Waals surface area contributed by atoms with Gasteiger partial charge in [0, 0.05) is 11.6 Å². The van der Waals surface area contributed by atoms with Crippen LogP contribution in [0.4, 0.5) is 0 Å². The van der Waals surface area contributed by atoms with Crippen LogP contribution in [0.15, 0.2) is 28.8 Å². The highest BCUT2D eigenvalue weighted by molar-refractivity contribution is 5.86. The lowest BCUT2D eigenvalue weighted by molar-refractivity contribution is 0.0686. The Morgan fingerprint density at radius 1 is 1.28 bits per heavy atom. The highest BCUT2D eigenvalue weighted by atomic mass is 16.5. The quantitative estimate of drug-likeness (QED) is 0.898. The van der Waals surface area contributed by atoms with E-state index in [2.05, 4.69) is 19.0 Å². The topological polar surface area (TPSA) is 63.3 Å². The second-order valence-electron chi connectivity index (χ2n) is 4.04. The average Bonchev–Trinajstić information content (AvgIpc) is 2.87. The smallest absolute Gasteiger partial charge is 0.358 e. The molecule has 2 rings (SSSR count). The van der Waals surface area contributed by atoms with E-state index in [1.807, 2.05) is 18.2 Å². The van der Waals surface area contributed by atoms with Crippen LogP contribution >= 0.6 is 0 Å². The average molecular weight is 245 g/mol. The zero-order valence-electron chi connectivity index (χ0n) is 10.4. The van der Waals surface area contributed by atoms with E-state index in [1.165, 1.54) is 6.07 Å². The number of hydrogen-bond donors (Lipinski definition) is 1. The number of aryl methyl sites for hydroxylation is 2. The summed E-state index contributed by atoms with van der Waals surface area (Å²) in [7, 11) is 0. The SMILES string of the molecule is CCc1cccc(CC)c1-c1cc(C(=O)O)no1. The molecule has 0 unspecified atom stereocenters. The van der Waals surface area contributed by atoms with Crippen molar-refractivity contribution in [3.05, 3.63) is 41.1 Å². The molecule has 0 bridgehead atoms. The minimum atomic E-state index is -1.07. The minimum Gasteiger partial charge on any atom is -0.476 e. The molecule has 0 fully saturated rings. The molecule has 4 heteroatoms. The largest absolute Gasteiger partial charge is 0.476 e. The molecule has 0 radical (unpaired) electrons. The molecule has 1 N–H and O–H groups in total. The van der Waals surface area contributed by atoms with E-state index in [0.29, 0.717) is 5.76 Å². The van der Waals surface area contributed by atoms with Gasteiger partial charge in [-0.05, 0) is 24.0 Å². The van der Waals surface area contributed by atoms with Crippen LogP contribution in [-0.4, -0.2) is 16.2 Å². The number of carbonyl (C=O) groups is 1. The summed E-state index contributed by atoms with van der Waals surface area (Å²) >= 11 is 0. The van der Waals surface area contributed by atoms with Gasteiger partial charge in [-0.3, -0.25) is 0 Å². The van der Waals surface area contributed by atoms with E-state index < -0.39 is 5.97 Å². The fourth-order valence-electron chi connectivity index (χ4n) is 2.05. The summed E-state index contributed by atoms with van der Waals surface area (Å²) in [5.74, 6) is -0.543. The van der Waals surface area contributed by atoms with Gasteiger partial charge in [0.25, 0.3) is 0 Å². The van der Waals surface area contributed by atoms with Crippen LogP contribution in [0.2, 0.25) is 0 Å². The Bertz CT molecular complexity index is 550. The Labute approximate surface area is 105 Å². The van der Waals surface area contributed by atoms with E-state index in [-0.39, 0.29) is 5.69 Å². The molecule has 2 aromatic rings. The van der Waals surface area contributed by atoms with Crippen LogP contribution in [-0.2, 0) is 12.8 Å². The third-order valence-electron chi connectivity index (χ3n) is 2.97. The van der Waals surface area contributed by atoms with Crippen LogP contribution in [0, 0.1) is 0 Å². The maximum atomic E-state index is 10.8. The Kier molecular flexibility index (Phi) is 3.46. The molecular formula is C14H15NO3. The molecule has 0 spiro atoms. The van der Waals surface area contributed by atoms with Crippen molar-refractivity contribution in [2.45, 2.75) is 26.7 Å². The summed E-state index contributed by atoms with van der Waals surface area (Å²) in [4.78, 5) is 10.8. The number of carboxylic acids is 1. The Balaban J connectivity index is 2.57. The van der Waals surface area contributed by atoms with E-state index in [0.717, 1.165) is 29.5 Å². The van der Waals surface area contributed by atoms with Gasteiger partial charge in [-0.1, -0.05) is 37.2 Å². The number of nitrogens with zero attached hydrogens (tertiary/aromatic N) is 1. The van der Waals surface area contributed by atoms with Crippen molar-refractivity contribution in [3.8, 4) is 11.3 Å². The second kappa shape index (κ2) is 5.04.